The van der Waals surface area contributed by atoms with Crippen molar-refractivity contribution in [2.24, 2.45) is 0 Å². The van der Waals surface area contributed by atoms with E-state index in [1.54, 1.807) is 0 Å². The van der Waals surface area contributed by atoms with Gasteiger partial charge in [-0.2, -0.15) is 11.8 Å². The molecule has 1 aromatic carbocycles. The molecule has 0 bridgehead atoms. The average Bonchev–Trinajstić information content (AvgIpc) is 2.48. The molecule has 2 N–H and O–H groups in total. The monoisotopic (exact) mass is 293 g/mol. The molecule has 20 heavy (non-hydrogen) atoms. The summed E-state index contributed by atoms with van der Waals surface area (Å²) in [5.41, 5.74) is 7.80. The van der Waals surface area contributed by atoms with Gasteiger partial charge in [0.2, 0.25) is 0 Å². The second-order valence-corrected chi connectivity index (χ2v) is 7.04. The highest BCUT2D eigenvalue weighted by Crippen LogP contribution is 2.38. The summed E-state index contributed by atoms with van der Waals surface area (Å²) in [7, 11) is 0. The van der Waals surface area contributed by atoms with Crippen LogP contribution in [0.25, 0.3) is 0 Å². The lowest BCUT2D eigenvalue weighted by molar-refractivity contribution is -0.140. The molecule has 3 nitrogen and oxygen atoms in total. The molecule has 1 atom stereocenters. The van der Waals surface area contributed by atoms with Crippen molar-refractivity contribution in [3.63, 3.8) is 0 Å². The Hall–Kier alpha value is -0.710. The van der Waals surface area contributed by atoms with E-state index in [4.69, 9.17) is 15.2 Å². The van der Waals surface area contributed by atoms with Crippen molar-refractivity contribution in [3.05, 3.63) is 29.8 Å². The van der Waals surface area contributed by atoms with E-state index >= 15 is 0 Å². The number of anilines is 1. The lowest BCUT2D eigenvalue weighted by atomic mass is 9.86. The van der Waals surface area contributed by atoms with Crippen LogP contribution in [-0.2, 0) is 16.1 Å². The minimum absolute atomic E-state index is 0.106. The molecule has 3 rings (SSSR count). The molecule has 1 spiro atoms. The van der Waals surface area contributed by atoms with Crippen LogP contribution in [0.2, 0.25) is 0 Å². The van der Waals surface area contributed by atoms with Crippen LogP contribution in [0.3, 0.4) is 0 Å². The van der Waals surface area contributed by atoms with Crippen LogP contribution in [0.1, 0.15) is 31.2 Å². The number of hydrogen-bond acceptors (Lipinski definition) is 4. The quantitative estimate of drug-likeness (QED) is 0.869. The highest BCUT2D eigenvalue weighted by atomic mass is 32.2. The summed E-state index contributed by atoms with van der Waals surface area (Å²) in [4.78, 5) is 0. The molecule has 0 radical (unpaired) electrons. The highest BCUT2D eigenvalue weighted by Gasteiger charge is 2.39. The second kappa shape index (κ2) is 6.37. The molecule has 0 saturated carbocycles. The van der Waals surface area contributed by atoms with Crippen molar-refractivity contribution in [2.75, 3.05) is 23.8 Å². The van der Waals surface area contributed by atoms with Gasteiger partial charge in [0.05, 0.1) is 18.3 Å². The van der Waals surface area contributed by atoms with Crippen LogP contribution < -0.4 is 5.73 Å². The van der Waals surface area contributed by atoms with Gasteiger partial charge in [-0.15, -0.1) is 0 Å². The zero-order valence-electron chi connectivity index (χ0n) is 11.8. The van der Waals surface area contributed by atoms with Crippen LogP contribution in [0, 0.1) is 0 Å². The van der Waals surface area contributed by atoms with Gasteiger partial charge in [0, 0.05) is 18.7 Å². The van der Waals surface area contributed by atoms with Crippen LogP contribution in [0.4, 0.5) is 5.69 Å². The fraction of sp³-hybridized carbons (Fsp3) is 0.625. The van der Waals surface area contributed by atoms with Crippen LogP contribution in [-0.4, -0.2) is 29.8 Å². The van der Waals surface area contributed by atoms with E-state index in [2.05, 4.69) is 0 Å². The summed E-state index contributed by atoms with van der Waals surface area (Å²) in [5.74, 6) is 2.45. The van der Waals surface area contributed by atoms with Crippen molar-refractivity contribution in [1.29, 1.82) is 0 Å². The fourth-order valence-corrected chi connectivity index (χ4v) is 4.28. The molecular formula is C16H23NO2S. The Balaban J connectivity index is 1.53. The molecule has 0 aromatic heterocycles. The van der Waals surface area contributed by atoms with Gasteiger partial charge in [-0.1, -0.05) is 12.1 Å². The average molecular weight is 293 g/mol. The third-order valence-corrected chi connectivity index (χ3v) is 5.30. The molecule has 0 amide bonds. The smallest absolute Gasteiger partial charge is 0.0723 e. The van der Waals surface area contributed by atoms with Crippen molar-refractivity contribution < 1.29 is 9.47 Å². The Bertz CT molecular complexity index is 423. The summed E-state index contributed by atoms with van der Waals surface area (Å²) in [5, 5.41) is 0. The van der Waals surface area contributed by atoms with E-state index in [0.29, 0.717) is 12.7 Å². The zero-order valence-corrected chi connectivity index (χ0v) is 12.7. The van der Waals surface area contributed by atoms with Gasteiger partial charge in [-0.25, -0.2) is 0 Å². The van der Waals surface area contributed by atoms with E-state index in [1.165, 1.54) is 29.9 Å². The lowest BCUT2D eigenvalue weighted by Crippen LogP contribution is -2.45. The van der Waals surface area contributed by atoms with Gasteiger partial charge in [0.15, 0.2) is 0 Å². The van der Waals surface area contributed by atoms with Crippen molar-refractivity contribution >= 4 is 17.4 Å². The van der Waals surface area contributed by atoms with E-state index in [-0.39, 0.29) is 5.60 Å². The molecule has 0 aliphatic carbocycles. The van der Waals surface area contributed by atoms with Gasteiger partial charge in [-0.05, 0) is 48.5 Å². The Morgan fingerprint density at radius 1 is 1.25 bits per heavy atom. The largest absolute Gasteiger partial charge is 0.399 e. The number of thioether (sulfide) groups is 1. The fourth-order valence-electron chi connectivity index (χ4n) is 3.04. The van der Waals surface area contributed by atoms with Gasteiger partial charge in [0.1, 0.15) is 0 Å². The molecule has 1 unspecified atom stereocenters. The number of hydrogen-bond donors (Lipinski definition) is 1. The molecule has 2 heterocycles. The summed E-state index contributed by atoms with van der Waals surface area (Å²) in [6.45, 7) is 1.52. The Kier molecular flexibility index (Phi) is 4.54. The van der Waals surface area contributed by atoms with Crippen molar-refractivity contribution in [3.8, 4) is 0 Å². The topological polar surface area (TPSA) is 44.5 Å². The Labute approximate surface area is 125 Å². The maximum atomic E-state index is 6.11. The minimum atomic E-state index is 0.106. The first-order valence-corrected chi connectivity index (χ1v) is 8.59. The molecule has 2 aliphatic heterocycles. The van der Waals surface area contributed by atoms with Gasteiger partial charge in [-0.3, -0.25) is 0 Å². The summed E-state index contributed by atoms with van der Waals surface area (Å²) in [6, 6.07) is 7.95. The summed E-state index contributed by atoms with van der Waals surface area (Å²) >= 11 is 2.04. The number of rotatable bonds is 3. The van der Waals surface area contributed by atoms with Crippen molar-refractivity contribution in [1.82, 2.24) is 0 Å². The lowest BCUT2D eigenvalue weighted by Gasteiger charge is -2.43. The predicted molar refractivity (Wildman–Crippen MR) is 83.9 cm³/mol. The Morgan fingerprint density at radius 2 is 2.00 bits per heavy atom. The molecule has 1 aromatic rings. The minimum Gasteiger partial charge on any atom is -0.399 e. The van der Waals surface area contributed by atoms with Gasteiger partial charge < -0.3 is 15.2 Å². The normalized spacial score (nSPS) is 25.7. The first kappa shape index (κ1) is 14.2. The first-order valence-electron chi connectivity index (χ1n) is 7.44. The summed E-state index contributed by atoms with van der Waals surface area (Å²) < 4.78 is 12.2. The van der Waals surface area contributed by atoms with Gasteiger partial charge >= 0.3 is 0 Å². The predicted octanol–water partition coefficient (Wildman–Crippen LogP) is 3.23. The SMILES string of the molecule is Nc1ccc(COC2CCOC3(CCSCC3)C2)cc1. The van der Waals surface area contributed by atoms with E-state index < -0.39 is 0 Å². The Morgan fingerprint density at radius 3 is 2.75 bits per heavy atom. The van der Waals surface area contributed by atoms with E-state index in [9.17, 15) is 0 Å². The standard InChI is InChI=1S/C16H23NO2S/c17-14-3-1-13(2-4-14)12-18-15-5-8-19-16(11-15)6-9-20-10-7-16/h1-4,15H,5-12,17H2. The first-order chi connectivity index (χ1) is 9.76. The molecule has 110 valence electrons. The zero-order chi connectivity index (χ0) is 13.8. The van der Waals surface area contributed by atoms with E-state index in [0.717, 1.165) is 25.1 Å². The van der Waals surface area contributed by atoms with Crippen molar-refractivity contribution in [2.45, 2.75) is 44.0 Å². The van der Waals surface area contributed by atoms with Gasteiger partial charge in [0.25, 0.3) is 0 Å². The van der Waals surface area contributed by atoms with E-state index in [1.807, 2.05) is 36.0 Å². The number of ether oxygens (including phenoxy) is 2. The second-order valence-electron chi connectivity index (χ2n) is 5.81. The van der Waals surface area contributed by atoms with Crippen LogP contribution in [0.5, 0.6) is 0 Å². The summed E-state index contributed by atoms with van der Waals surface area (Å²) in [6.07, 6.45) is 4.77. The number of nitrogens with two attached hydrogens (primary N) is 1. The van der Waals surface area contributed by atoms with Crippen LogP contribution in [0.15, 0.2) is 24.3 Å². The third-order valence-electron chi connectivity index (χ3n) is 4.32. The maximum absolute atomic E-state index is 6.11. The number of benzene rings is 1. The number of nitrogen functional groups attached to an aromatic ring is 1. The molecular weight excluding hydrogens is 270 g/mol. The molecule has 2 aliphatic rings. The molecule has 2 fully saturated rings. The molecule has 2 saturated heterocycles. The third kappa shape index (κ3) is 3.48. The maximum Gasteiger partial charge on any atom is 0.0723 e. The van der Waals surface area contributed by atoms with Crippen LogP contribution >= 0.6 is 11.8 Å². The highest BCUT2D eigenvalue weighted by molar-refractivity contribution is 7.99. The molecule has 4 heteroatoms.